The molecule has 41 heavy (non-hydrogen) atoms. The fourth-order valence-electron chi connectivity index (χ4n) is 6.33. The Morgan fingerprint density at radius 2 is 1.56 bits per heavy atom. The van der Waals surface area contributed by atoms with Gasteiger partial charge in [0.15, 0.2) is 0 Å². The van der Waals surface area contributed by atoms with Gasteiger partial charge in [-0.05, 0) is 54.3 Å². The lowest BCUT2D eigenvalue weighted by Gasteiger charge is -2.63. The highest BCUT2D eigenvalue weighted by Gasteiger charge is 2.70. The Bertz CT molecular complexity index is 1080. The maximum atomic E-state index is 14.1. The molecule has 0 aromatic carbocycles. The van der Waals surface area contributed by atoms with Crippen LogP contribution in [0.2, 0.25) is 0 Å². The lowest BCUT2D eigenvalue weighted by atomic mass is 9.40. The number of hydrogen-bond donors (Lipinski definition) is 3. The van der Waals surface area contributed by atoms with Crippen molar-refractivity contribution < 1.29 is 37.5 Å². The van der Waals surface area contributed by atoms with Crippen molar-refractivity contribution in [1.29, 1.82) is 0 Å². The number of methoxy groups -OCH3 is 1. The monoisotopic (exact) mass is 584 g/mol. The van der Waals surface area contributed by atoms with E-state index in [-0.39, 0.29) is 29.8 Å². The van der Waals surface area contributed by atoms with E-state index in [1.807, 2.05) is 13.8 Å². The van der Waals surface area contributed by atoms with E-state index in [1.54, 1.807) is 20.8 Å². The summed E-state index contributed by atoms with van der Waals surface area (Å²) in [6.07, 6.45) is -0.498. The Hall–Kier alpha value is -2.79. The Morgan fingerprint density at radius 1 is 0.976 bits per heavy atom. The van der Waals surface area contributed by atoms with Crippen molar-refractivity contribution in [3.8, 4) is 0 Å². The third-order valence-electron chi connectivity index (χ3n) is 9.68. The van der Waals surface area contributed by atoms with Gasteiger partial charge < -0.3 is 25.6 Å². The van der Waals surface area contributed by atoms with E-state index < -0.39 is 77.3 Å². The zero-order chi connectivity index (χ0) is 31.3. The molecule has 1 saturated heterocycles. The molecule has 1 aliphatic heterocycles. The molecule has 0 aromatic rings. The summed E-state index contributed by atoms with van der Waals surface area (Å²) in [5.41, 5.74) is -1.39. The first-order chi connectivity index (χ1) is 18.6. The van der Waals surface area contributed by atoms with E-state index in [0.717, 1.165) is 12.8 Å². The Morgan fingerprint density at radius 3 is 2.05 bits per heavy atom. The number of nitrogens with zero attached hydrogens (tertiary/aromatic N) is 1. The highest BCUT2D eigenvalue weighted by Crippen LogP contribution is 2.68. The van der Waals surface area contributed by atoms with Crippen molar-refractivity contribution in [1.82, 2.24) is 20.9 Å². The molecule has 3 fully saturated rings. The number of ketones is 1. The van der Waals surface area contributed by atoms with Gasteiger partial charge in [0.1, 0.15) is 12.1 Å². The summed E-state index contributed by atoms with van der Waals surface area (Å²) < 4.78 is 32.3. The number of nitrogens with one attached hydrogen (secondary N) is 3. The van der Waals surface area contributed by atoms with Gasteiger partial charge >= 0.3 is 6.09 Å². The first kappa shape index (κ1) is 32.7. The zero-order valence-corrected chi connectivity index (χ0v) is 25.7. The molecule has 0 bridgehead atoms. The minimum atomic E-state index is -3.11. The number of likely N-dealkylation sites (tertiary alicyclic amines) is 1. The molecule has 2 saturated carbocycles. The van der Waals surface area contributed by atoms with Gasteiger partial charge in [0, 0.05) is 19.0 Å². The van der Waals surface area contributed by atoms with E-state index in [2.05, 4.69) is 29.8 Å². The molecule has 3 rings (SSSR count). The molecule has 4 amide bonds. The molecule has 0 unspecified atom stereocenters. The number of hydrogen-bond acceptors (Lipinski definition) is 6. The summed E-state index contributed by atoms with van der Waals surface area (Å²) in [5, 5.41) is 7.74. The van der Waals surface area contributed by atoms with Crippen LogP contribution in [0.5, 0.6) is 0 Å². The highest BCUT2D eigenvalue weighted by molar-refractivity contribution is 6.38. The standard InChI is InChI=1S/C29H46F2N4O6/c1-26(2,3)21(34-25(40)41-9)24(39)35-14-16-18(28(6,7)27(16,4)5)19(35)22(37)33-17(12-13-29(8,30)31)20(36)23(38)32-15-10-11-15/h15-19,21H,10-14H2,1-9H3,(H,32,38)(H,33,37)(H,34,40)/t16-,17-,18-,19-,21+/m0/s1. The van der Waals surface area contributed by atoms with Crippen LogP contribution in [0, 0.1) is 28.1 Å². The van der Waals surface area contributed by atoms with Crippen LogP contribution < -0.4 is 16.0 Å². The fraction of sp³-hybridized carbons (Fsp3) is 0.828. The third-order valence-corrected chi connectivity index (χ3v) is 9.68. The minimum absolute atomic E-state index is 0.0664. The molecule has 0 aromatic heterocycles. The van der Waals surface area contributed by atoms with Crippen molar-refractivity contribution in [3.63, 3.8) is 0 Å². The third kappa shape index (κ3) is 6.66. The second-order valence-corrected chi connectivity index (χ2v) is 14.2. The molecular formula is C29H46F2N4O6. The molecule has 0 radical (unpaired) electrons. The van der Waals surface area contributed by atoms with Crippen LogP contribution in [0.3, 0.4) is 0 Å². The largest absolute Gasteiger partial charge is 0.453 e. The highest BCUT2D eigenvalue weighted by atomic mass is 19.3. The molecule has 3 aliphatic rings. The molecule has 232 valence electrons. The van der Waals surface area contributed by atoms with Gasteiger partial charge in [-0.2, -0.15) is 0 Å². The molecule has 1 heterocycles. The van der Waals surface area contributed by atoms with Gasteiger partial charge in [0.05, 0.1) is 13.2 Å². The number of carbonyl (C=O) groups excluding carboxylic acids is 5. The van der Waals surface area contributed by atoms with Gasteiger partial charge in [-0.3, -0.25) is 19.2 Å². The number of alkyl carbamates (subject to hydrolysis) is 1. The summed E-state index contributed by atoms with van der Waals surface area (Å²) in [5.74, 6) is -6.57. The van der Waals surface area contributed by atoms with Crippen molar-refractivity contribution in [2.75, 3.05) is 13.7 Å². The average molecular weight is 585 g/mol. The SMILES string of the molecule is COC(=O)N[C@H](C(=O)N1C[C@H]2[C@@H]([C@H]1C(=O)N[C@@H](CCC(C)(F)F)C(=O)C(=O)NC1CC1)C(C)(C)C2(C)C)C(C)(C)C. The summed E-state index contributed by atoms with van der Waals surface area (Å²) >= 11 is 0. The summed E-state index contributed by atoms with van der Waals surface area (Å²) in [6.45, 7) is 14.4. The molecule has 12 heteroatoms. The number of rotatable bonds is 10. The van der Waals surface area contributed by atoms with Gasteiger partial charge in [0.2, 0.25) is 23.5 Å². The number of ether oxygens (including phenoxy) is 1. The minimum Gasteiger partial charge on any atom is -0.453 e. The van der Waals surface area contributed by atoms with E-state index in [4.69, 9.17) is 4.74 Å². The number of alkyl halides is 2. The van der Waals surface area contributed by atoms with Crippen LogP contribution in [-0.2, 0) is 23.9 Å². The topological polar surface area (TPSA) is 134 Å². The maximum absolute atomic E-state index is 14.1. The average Bonchev–Trinajstić information content (AvgIpc) is 3.57. The Labute approximate surface area is 241 Å². The van der Waals surface area contributed by atoms with Crippen molar-refractivity contribution in [2.24, 2.45) is 28.1 Å². The lowest BCUT2D eigenvalue weighted by Crippen LogP contribution is -2.65. The van der Waals surface area contributed by atoms with Crippen molar-refractivity contribution >= 4 is 29.6 Å². The zero-order valence-electron chi connectivity index (χ0n) is 25.7. The second kappa shape index (κ2) is 11.1. The van der Waals surface area contributed by atoms with Gasteiger partial charge in [-0.1, -0.05) is 48.5 Å². The van der Waals surface area contributed by atoms with Crippen LogP contribution >= 0.6 is 0 Å². The lowest BCUT2D eigenvalue weighted by molar-refractivity contribution is -0.162. The molecule has 3 N–H and O–H groups in total. The van der Waals surface area contributed by atoms with Crippen LogP contribution in [0.15, 0.2) is 0 Å². The molecule has 0 spiro atoms. The van der Waals surface area contributed by atoms with E-state index in [1.165, 1.54) is 12.0 Å². The van der Waals surface area contributed by atoms with Crippen LogP contribution in [0.25, 0.3) is 0 Å². The van der Waals surface area contributed by atoms with Crippen LogP contribution in [0.4, 0.5) is 13.6 Å². The number of halogens is 2. The predicted molar refractivity (Wildman–Crippen MR) is 147 cm³/mol. The smallest absolute Gasteiger partial charge is 0.407 e. The molecule has 2 aliphatic carbocycles. The van der Waals surface area contributed by atoms with Gasteiger partial charge in [-0.15, -0.1) is 0 Å². The number of Topliss-reactive ketones (excluding diaryl/α,β-unsaturated/α-hetero) is 1. The quantitative estimate of drug-likeness (QED) is 0.338. The fourth-order valence-corrected chi connectivity index (χ4v) is 6.33. The first-order valence-electron chi connectivity index (χ1n) is 14.3. The number of carbonyl (C=O) groups is 5. The van der Waals surface area contributed by atoms with Crippen molar-refractivity contribution in [3.05, 3.63) is 0 Å². The van der Waals surface area contributed by atoms with Crippen LogP contribution in [-0.4, -0.2) is 78.2 Å². The number of amides is 4. The summed E-state index contributed by atoms with van der Waals surface area (Å²) in [7, 11) is 1.19. The van der Waals surface area contributed by atoms with Gasteiger partial charge in [0.25, 0.3) is 5.91 Å². The molecule has 5 atom stereocenters. The normalized spacial score (nSPS) is 26.1. The summed E-state index contributed by atoms with van der Waals surface area (Å²) in [4.78, 5) is 67.3. The van der Waals surface area contributed by atoms with E-state index >= 15 is 0 Å². The van der Waals surface area contributed by atoms with E-state index in [9.17, 15) is 32.8 Å². The molecular weight excluding hydrogens is 538 g/mol. The van der Waals surface area contributed by atoms with Crippen molar-refractivity contribution in [2.45, 2.75) is 111 Å². The Balaban J connectivity index is 1.95. The second-order valence-electron chi connectivity index (χ2n) is 14.2. The Kier molecular flexibility index (Phi) is 8.88. The number of fused-ring (bicyclic) bond motifs is 1. The predicted octanol–water partition coefficient (Wildman–Crippen LogP) is 3.03. The van der Waals surface area contributed by atoms with Gasteiger partial charge in [-0.25, -0.2) is 13.6 Å². The first-order valence-corrected chi connectivity index (χ1v) is 14.3. The molecule has 10 nitrogen and oxygen atoms in total. The maximum Gasteiger partial charge on any atom is 0.407 e. The van der Waals surface area contributed by atoms with E-state index in [0.29, 0.717) is 6.92 Å². The summed E-state index contributed by atoms with van der Waals surface area (Å²) in [6, 6.07) is -3.68. The van der Waals surface area contributed by atoms with Crippen LogP contribution in [0.1, 0.15) is 81.1 Å².